The van der Waals surface area contributed by atoms with Crippen molar-refractivity contribution in [2.75, 3.05) is 25.0 Å². The molecule has 1 aromatic carbocycles. The molecule has 0 bridgehead atoms. The number of nitrogens with zero attached hydrogens (tertiary/aromatic N) is 1. The van der Waals surface area contributed by atoms with E-state index < -0.39 is 0 Å². The van der Waals surface area contributed by atoms with Crippen molar-refractivity contribution in [2.45, 2.75) is 19.9 Å². The lowest BCUT2D eigenvalue weighted by Gasteiger charge is -2.37. The van der Waals surface area contributed by atoms with E-state index in [1.807, 2.05) is 43.0 Å². The van der Waals surface area contributed by atoms with Crippen LogP contribution in [0.1, 0.15) is 12.5 Å². The Bertz CT molecular complexity index is 384. The highest BCUT2D eigenvalue weighted by atomic mass is 16.2. The number of anilines is 1. The van der Waals surface area contributed by atoms with Gasteiger partial charge < -0.3 is 15.5 Å². The Balaban J connectivity index is 1.97. The summed E-state index contributed by atoms with van der Waals surface area (Å²) >= 11 is 0. The summed E-state index contributed by atoms with van der Waals surface area (Å²) in [5.41, 5.74) is 2.05. The Labute approximate surface area is 102 Å². The summed E-state index contributed by atoms with van der Waals surface area (Å²) in [5, 5.41) is 6.11. The first-order chi connectivity index (χ1) is 8.20. The van der Waals surface area contributed by atoms with Gasteiger partial charge in [0.1, 0.15) is 0 Å². The summed E-state index contributed by atoms with van der Waals surface area (Å²) in [6.07, 6.45) is 0. The predicted molar refractivity (Wildman–Crippen MR) is 69.2 cm³/mol. The average Bonchev–Trinajstić information content (AvgIpc) is 2.26. The highest BCUT2D eigenvalue weighted by molar-refractivity contribution is 5.89. The quantitative estimate of drug-likeness (QED) is 0.836. The van der Waals surface area contributed by atoms with Gasteiger partial charge in [-0.3, -0.25) is 0 Å². The number of carbonyl (C=O) groups is 1. The number of benzene rings is 1. The first-order valence-corrected chi connectivity index (χ1v) is 6.05. The SMILES string of the molecule is CCN(C(=O)Nc1ccc(C)cc1)C1CNC1. The van der Waals surface area contributed by atoms with Crippen LogP contribution in [0.25, 0.3) is 0 Å². The van der Waals surface area contributed by atoms with Gasteiger partial charge >= 0.3 is 6.03 Å². The third kappa shape index (κ3) is 2.77. The van der Waals surface area contributed by atoms with Crippen LogP contribution >= 0.6 is 0 Å². The van der Waals surface area contributed by atoms with E-state index in [1.165, 1.54) is 5.56 Å². The van der Waals surface area contributed by atoms with E-state index in [1.54, 1.807) is 0 Å². The molecule has 1 aliphatic heterocycles. The van der Waals surface area contributed by atoms with Gasteiger partial charge in [-0.15, -0.1) is 0 Å². The lowest BCUT2D eigenvalue weighted by atomic mass is 10.1. The molecule has 0 saturated carbocycles. The molecule has 0 aliphatic carbocycles. The fraction of sp³-hybridized carbons (Fsp3) is 0.462. The minimum absolute atomic E-state index is 0.0112. The third-order valence-electron chi connectivity index (χ3n) is 3.11. The lowest BCUT2D eigenvalue weighted by Crippen LogP contribution is -2.59. The van der Waals surface area contributed by atoms with Crippen molar-refractivity contribution in [3.63, 3.8) is 0 Å². The molecule has 2 rings (SSSR count). The van der Waals surface area contributed by atoms with E-state index in [9.17, 15) is 4.79 Å². The Morgan fingerprint density at radius 2 is 2.06 bits per heavy atom. The Morgan fingerprint density at radius 1 is 1.41 bits per heavy atom. The Morgan fingerprint density at radius 3 is 2.53 bits per heavy atom. The number of nitrogens with one attached hydrogen (secondary N) is 2. The minimum Gasteiger partial charge on any atom is -0.319 e. The Kier molecular flexibility index (Phi) is 3.64. The fourth-order valence-corrected chi connectivity index (χ4v) is 1.89. The second-order valence-electron chi connectivity index (χ2n) is 4.39. The number of amides is 2. The zero-order valence-electron chi connectivity index (χ0n) is 10.4. The van der Waals surface area contributed by atoms with E-state index in [2.05, 4.69) is 10.6 Å². The van der Waals surface area contributed by atoms with Crippen LogP contribution in [-0.2, 0) is 0 Å². The molecule has 4 heteroatoms. The summed E-state index contributed by atoms with van der Waals surface area (Å²) in [6.45, 7) is 6.57. The molecule has 4 nitrogen and oxygen atoms in total. The highest BCUT2D eigenvalue weighted by Gasteiger charge is 2.27. The second kappa shape index (κ2) is 5.19. The van der Waals surface area contributed by atoms with Gasteiger partial charge in [0.25, 0.3) is 0 Å². The van der Waals surface area contributed by atoms with Crippen molar-refractivity contribution in [1.29, 1.82) is 0 Å². The molecule has 1 aromatic rings. The topological polar surface area (TPSA) is 44.4 Å². The molecule has 1 heterocycles. The highest BCUT2D eigenvalue weighted by Crippen LogP contribution is 2.12. The number of urea groups is 1. The summed E-state index contributed by atoms with van der Waals surface area (Å²) in [6, 6.07) is 8.18. The molecular weight excluding hydrogens is 214 g/mol. The fourth-order valence-electron chi connectivity index (χ4n) is 1.89. The minimum atomic E-state index is -0.0112. The van der Waals surface area contributed by atoms with Gasteiger partial charge in [0.2, 0.25) is 0 Å². The van der Waals surface area contributed by atoms with Crippen LogP contribution in [0.15, 0.2) is 24.3 Å². The number of likely N-dealkylation sites (N-methyl/N-ethyl adjacent to an activating group) is 1. The van der Waals surface area contributed by atoms with Crippen LogP contribution in [0.4, 0.5) is 10.5 Å². The maximum atomic E-state index is 12.0. The monoisotopic (exact) mass is 233 g/mol. The maximum Gasteiger partial charge on any atom is 0.322 e. The number of hydrogen-bond acceptors (Lipinski definition) is 2. The largest absolute Gasteiger partial charge is 0.322 e. The van der Waals surface area contributed by atoms with E-state index in [4.69, 9.17) is 0 Å². The van der Waals surface area contributed by atoms with Crippen molar-refractivity contribution in [1.82, 2.24) is 10.2 Å². The van der Waals surface area contributed by atoms with E-state index in [0.29, 0.717) is 6.04 Å². The van der Waals surface area contributed by atoms with Gasteiger partial charge in [0.15, 0.2) is 0 Å². The van der Waals surface area contributed by atoms with Crippen LogP contribution in [0, 0.1) is 6.92 Å². The number of carbonyl (C=O) groups excluding carboxylic acids is 1. The van der Waals surface area contributed by atoms with Crippen LogP contribution in [0.3, 0.4) is 0 Å². The van der Waals surface area contributed by atoms with Gasteiger partial charge in [-0.05, 0) is 26.0 Å². The van der Waals surface area contributed by atoms with Crippen molar-refractivity contribution in [2.24, 2.45) is 0 Å². The first-order valence-electron chi connectivity index (χ1n) is 6.05. The smallest absolute Gasteiger partial charge is 0.319 e. The number of hydrogen-bond donors (Lipinski definition) is 2. The molecular formula is C13H19N3O. The molecule has 0 unspecified atom stereocenters. The van der Waals surface area contributed by atoms with Crippen molar-refractivity contribution in [3.05, 3.63) is 29.8 Å². The van der Waals surface area contributed by atoms with E-state index in [0.717, 1.165) is 25.3 Å². The molecule has 2 amide bonds. The third-order valence-corrected chi connectivity index (χ3v) is 3.11. The van der Waals surface area contributed by atoms with Gasteiger partial charge in [-0.25, -0.2) is 4.79 Å². The molecule has 0 radical (unpaired) electrons. The van der Waals surface area contributed by atoms with E-state index in [-0.39, 0.29) is 6.03 Å². The molecule has 2 N–H and O–H groups in total. The van der Waals surface area contributed by atoms with Crippen molar-refractivity contribution < 1.29 is 4.79 Å². The molecule has 1 fully saturated rings. The molecule has 17 heavy (non-hydrogen) atoms. The summed E-state index contributed by atoms with van der Waals surface area (Å²) in [4.78, 5) is 13.9. The standard InChI is InChI=1S/C13H19N3O/c1-3-16(12-8-14-9-12)13(17)15-11-6-4-10(2)5-7-11/h4-7,12,14H,3,8-9H2,1-2H3,(H,15,17). The van der Waals surface area contributed by atoms with Gasteiger partial charge in [0.05, 0.1) is 6.04 Å². The van der Waals surface area contributed by atoms with Crippen LogP contribution in [-0.4, -0.2) is 36.6 Å². The van der Waals surface area contributed by atoms with Crippen molar-refractivity contribution >= 4 is 11.7 Å². The summed E-state index contributed by atoms with van der Waals surface area (Å²) < 4.78 is 0. The lowest BCUT2D eigenvalue weighted by molar-refractivity contribution is 0.165. The molecule has 0 atom stereocenters. The molecule has 0 spiro atoms. The first kappa shape index (κ1) is 11.9. The normalized spacial score (nSPS) is 15.2. The zero-order chi connectivity index (χ0) is 12.3. The van der Waals surface area contributed by atoms with Gasteiger partial charge in [-0.2, -0.15) is 0 Å². The number of rotatable bonds is 3. The molecule has 0 aromatic heterocycles. The molecule has 1 saturated heterocycles. The van der Waals surface area contributed by atoms with Crippen LogP contribution in [0.2, 0.25) is 0 Å². The van der Waals surface area contributed by atoms with Crippen molar-refractivity contribution in [3.8, 4) is 0 Å². The van der Waals surface area contributed by atoms with Crippen LogP contribution < -0.4 is 10.6 Å². The van der Waals surface area contributed by atoms with Gasteiger partial charge in [0, 0.05) is 25.3 Å². The zero-order valence-corrected chi connectivity index (χ0v) is 10.4. The van der Waals surface area contributed by atoms with Crippen LogP contribution in [0.5, 0.6) is 0 Å². The average molecular weight is 233 g/mol. The number of aryl methyl sites for hydroxylation is 1. The predicted octanol–water partition coefficient (Wildman–Crippen LogP) is 1.82. The maximum absolute atomic E-state index is 12.0. The second-order valence-corrected chi connectivity index (χ2v) is 4.39. The Hall–Kier alpha value is -1.55. The van der Waals surface area contributed by atoms with Gasteiger partial charge in [-0.1, -0.05) is 17.7 Å². The molecule has 92 valence electrons. The summed E-state index contributed by atoms with van der Waals surface area (Å²) in [5.74, 6) is 0. The summed E-state index contributed by atoms with van der Waals surface area (Å²) in [7, 11) is 0. The molecule has 1 aliphatic rings. The van der Waals surface area contributed by atoms with E-state index >= 15 is 0 Å².